The van der Waals surface area contributed by atoms with Gasteiger partial charge in [-0.05, 0) is 31.0 Å². The van der Waals surface area contributed by atoms with Gasteiger partial charge in [0.15, 0.2) is 0 Å². The second-order valence-electron chi connectivity index (χ2n) is 3.93. The van der Waals surface area contributed by atoms with Crippen LogP contribution in [0.4, 0.5) is 5.69 Å². The number of unbranched alkanes of at least 4 members (excludes halogenated alkanes) is 2. The van der Waals surface area contributed by atoms with Crippen molar-refractivity contribution < 1.29 is 9.53 Å². The standard InChI is InChI=1S/C13H19NO2/c1-3-4-5-8-16-13(15)11-7-6-10(2)9-12(11)14/h6-7,9H,3-5,8,14H2,1-2H3. The molecule has 0 amide bonds. The molecule has 2 N–H and O–H groups in total. The molecule has 0 saturated heterocycles. The molecule has 0 heterocycles. The lowest BCUT2D eigenvalue weighted by atomic mass is 10.1. The highest BCUT2D eigenvalue weighted by Gasteiger charge is 2.10. The first-order valence-corrected chi connectivity index (χ1v) is 5.68. The first-order valence-electron chi connectivity index (χ1n) is 5.68. The molecule has 16 heavy (non-hydrogen) atoms. The molecule has 0 aliphatic carbocycles. The lowest BCUT2D eigenvalue weighted by Gasteiger charge is -2.07. The summed E-state index contributed by atoms with van der Waals surface area (Å²) in [5.74, 6) is -0.325. The summed E-state index contributed by atoms with van der Waals surface area (Å²) in [5.41, 5.74) is 7.74. The highest BCUT2D eigenvalue weighted by molar-refractivity contribution is 5.95. The molecule has 0 spiro atoms. The average Bonchev–Trinajstić information content (AvgIpc) is 2.24. The van der Waals surface area contributed by atoms with E-state index in [1.165, 1.54) is 0 Å². The van der Waals surface area contributed by atoms with Gasteiger partial charge in [0.05, 0.1) is 12.2 Å². The van der Waals surface area contributed by atoms with Gasteiger partial charge in [0.1, 0.15) is 0 Å². The van der Waals surface area contributed by atoms with Crippen LogP contribution in [0.1, 0.15) is 42.1 Å². The van der Waals surface area contributed by atoms with Gasteiger partial charge in [0, 0.05) is 5.69 Å². The first-order chi connectivity index (χ1) is 7.65. The molecule has 0 aliphatic heterocycles. The average molecular weight is 221 g/mol. The summed E-state index contributed by atoms with van der Waals surface area (Å²) in [6.45, 7) is 4.52. The molecule has 3 nitrogen and oxygen atoms in total. The molecule has 0 atom stereocenters. The minimum Gasteiger partial charge on any atom is -0.462 e. The number of carbonyl (C=O) groups excluding carboxylic acids is 1. The number of carbonyl (C=O) groups is 1. The molecule has 0 bridgehead atoms. The van der Waals surface area contributed by atoms with Gasteiger partial charge < -0.3 is 10.5 Å². The third kappa shape index (κ3) is 3.57. The van der Waals surface area contributed by atoms with Crippen molar-refractivity contribution in [1.82, 2.24) is 0 Å². The van der Waals surface area contributed by atoms with E-state index in [0.29, 0.717) is 17.9 Å². The van der Waals surface area contributed by atoms with E-state index in [2.05, 4.69) is 6.92 Å². The number of nitrogen functional groups attached to an aromatic ring is 1. The van der Waals surface area contributed by atoms with Crippen molar-refractivity contribution in [2.24, 2.45) is 0 Å². The maximum Gasteiger partial charge on any atom is 0.340 e. The zero-order valence-electron chi connectivity index (χ0n) is 9.95. The molecular formula is C13H19NO2. The summed E-state index contributed by atoms with van der Waals surface area (Å²) < 4.78 is 5.13. The Labute approximate surface area is 96.6 Å². The molecule has 88 valence electrons. The van der Waals surface area contributed by atoms with Crippen molar-refractivity contribution in [1.29, 1.82) is 0 Å². The van der Waals surface area contributed by atoms with Crippen molar-refractivity contribution in [3.8, 4) is 0 Å². The van der Waals surface area contributed by atoms with Gasteiger partial charge in [0.25, 0.3) is 0 Å². The quantitative estimate of drug-likeness (QED) is 0.472. The van der Waals surface area contributed by atoms with E-state index in [4.69, 9.17) is 10.5 Å². The molecular weight excluding hydrogens is 202 g/mol. The minimum atomic E-state index is -0.325. The number of anilines is 1. The molecule has 0 fully saturated rings. The zero-order chi connectivity index (χ0) is 12.0. The SMILES string of the molecule is CCCCCOC(=O)c1ccc(C)cc1N. The second kappa shape index (κ2) is 6.16. The Morgan fingerprint density at radius 2 is 2.12 bits per heavy atom. The maximum absolute atomic E-state index is 11.6. The number of rotatable bonds is 5. The second-order valence-corrected chi connectivity index (χ2v) is 3.93. The van der Waals surface area contributed by atoms with Crippen molar-refractivity contribution in [3.05, 3.63) is 29.3 Å². The molecule has 1 aromatic rings. The summed E-state index contributed by atoms with van der Waals surface area (Å²) >= 11 is 0. The lowest BCUT2D eigenvalue weighted by Crippen LogP contribution is -2.09. The number of benzene rings is 1. The van der Waals surface area contributed by atoms with Crippen LogP contribution in [0.3, 0.4) is 0 Å². The number of aryl methyl sites for hydroxylation is 1. The van der Waals surface area contributed by atoms with Crippen LogP contribution in [0.5, 0.6) is 0 Å². The van der Waals surface area contributed by atoms with Crippen LogP contribution in [0.25, 0.3) is 0 Å². The van der Waals surface area contributed by atoms with Crippen molar-refractivity contribution in [3.63, 3.8) is 0 Å². The van der Waals surface area contributed by atoms with E-state index in [-0.39, 0.29) is 5.97 Å². The Hall–Kier alpha value is -1.51. The number of hydrogen-bond donors (Lipinski definition) is 1. The van der Waals surface area contributed by atoms with E-state index < -0.39 is 0 Å². The van der Waals surface area contributed by atoms with Crippen molar-refractivity contribution >= 4 is 11.7 Å². The Balaban J connectivity index is 2.53. The molecule has 0 saturated carbocycles. The molecule has 0 aliphatic rings. The van der Waals surface area contributed by atoms with Gasteiger partial charge in [0.2, 0.25) is 0 Å². The normalized spacial score (nSPS) is 10.1. The highest BCUT2D eigenvalue weighted by Crippen LogP contribution is 2.15. The van der Waals surface area contributed by atoms with Crippen molar-refractivity contribution in [2.75, 3.05) is 12.3 Å². The van der Waals surface area contributed by atoms with Gasteiger partial charge in [-0.3, -0.25) is 0 Å². The van der Waals surface area contributed by atoms with E-state index in [1.54, 1.807) is 12.1 Å². The fourth-order valence-corrected chi connectivity index (χ4v) is 1.46. The number of ether oxygens (including phenoxy) is 1. The van der Waals surface area contributed by atoms with Crippen LogP contribution in [0.2, 0.25) is 0 Å². The van der Waals surface area contributed by atoms with Gasteiger partial charge in [-0.2, -0.15) is 0 Å². The number of nitrogens with two attached hydrogens (primary N) is 1. The monoisotopic (exact) mass is 221 g/mol. The minimum absolute atomic E-state index is 0.325. The predicted molar refractivity (Wildman–Crippen MR) is 65.4 cm³/mol. The Morgan fingerprint density at radius 3 is 2.75 bits per heavy atom. The Morgan fingerprint density at radius 1 is 1.38 bits per heavy atom. The molecule has 3 heteroatoms. The summed E-state index contributed by atoms with van der Waals surface area (Å²) in [6, 6.07) is 5.36. The van der Waals surface area contributed by atoms with Crippen LogP contribution >= 0.6 is 0 Å². The van der Waals surface area contributed by atoms with Crippen LogP contribution < -0.4 is 5.73 Å². The zero-order valence-corrected chi connectivity index (χ0v) is 9.95. The summed E-state index contributed by atoms with van der Waals surface area (Å²) in [4.78, 5) is 11.6. The fraction of sp³-hybridized carbons (Fsp3) is 0.462. The van der Waals surface area contributed by atoms with Crippen molar-refractivity contribution in [2.45, 2.75) is 33.1 Å². The van der Waals surface area contributed by atoms with Crippen LogP contribution in [0.15, 0.2) is 18.2 Å². The summed E-state index contributed by atoms with van der Waals surface area (Å²) in [7, 11) is 0. The Bertz CT molecular complexity index is 361. The molecule has 1 aromatic carbocycles. The number of esters is 1. The predicted octanol–water partition coefficient (Wildman–Crippen LogP) is 2.92. The van der Waals surface area contributed by atoms with Crippen LogP contribution in [-0.4, -0.2) is 12.6 Å². The first kappa shape index (κ1) is 12.6. The van der Waals surface area contributed by atoms with Gasteiger partial charge >= 0.3 is 5.97 Å². The lowest BCUT2D eigenvalue weighted by molar-refractivity contribution is 0.0499. The third-order valence-electron chi connectivity index (χ3n) is 2.41. The van der Waals surface area contributed by atoms with Gasteiger partial charge in [-0.15, -0.1) is 0 Å². The van der Waals surface area contributed by atoms with Crippen LogP contribution in [0, 0.1) is 6.92 Å². The largest absolute Gasteiger partial charge is 0.462 e. The topological polar surface area (TPSA) is 52.3 Å². The molecule has 1 rings (SSSR count). The Kier molecular flexibility index (Phi) is 4.83. The molecule has 0 radical (unpaired) electrons. The smallest absolute Gasteiger partial charge is 0.340 e. The van der Waals surface area contributed by atoms with Gasteiger partial charge in [-0.25, -0.2) is 4.79 Å². The molecule has 0 aromatic heterocycles. The fourth-order valence-electron chi connectivity index (χ4n) is 1.46. The third-order valence-corrected chi connectivity index (χ3v) is 2.41. The highest BCUT2D eigenvalue weighted by atomic mass is 16.5. The van der Waals surface area contributed by atoms with E-state index in [1.807, 2.05) is 13.0 Å². The summed E-state index contributed by atoms with van der Waals surface area (Å²) in [5, 5.41) is 0. The van der Waals surface area contributed by atoms with E-state index in [9.17, 15) is 4.79 Å². The maximum atomic E-state index is 11.6. The van der Waals surface area contributed by atoms with Gasteiger partial charge in [-0.1, -0.05) is 25.8 Å². The van der Waals surface area contributed by atoms with Crippen LogP contribution in [-0.2, 0) is 4.74 Å². The molecule has 0 unspecified atom stereocenters. The van der Waals surface area contributed by atoms with E-state index in [0.717, 1.165) is 24.8 Å². The number of hydrogen-bond acceptors (Lipinski definition) is 3. The van der Waals surface area contributed by atoms with E-state index >= 15 is 0 Å². The summed E-state index contributed by atoms with van der Waals surface area (Å²) in [6.07, 6.45) is 3.11.